The van der Waals surface area contributed by atoms with Gasteiger partial charge in [-0.05, 0) is 12.8 Å². The van der Waals surface area contributed by atoms with Gasteiger partial charge in [0.25, 0.3) is 0 Å². The van der Waals surface area contributed by atoms with Crippen LogP contribution < -0.4 is 17.2 Å². The van der Waals surface area contributed by atoms with Crippen LogP contribution in [-0.2, 0) is 9.47 Å². The molecule has 0 aromatic heterocycles. The number of aliphatic hydroxyl groups excluding tert-OH is 5. The molecule has 1 saturated heterocycles. The van der Waals surface area contributed by atoms with Crippen molar-refractivity contribution in [3.63, 3.8) is 0 Å². The van der Waals surface area contributed by atoms with Crippen LogP contribution in [0.25, 0.3) is 0 Å². The summed E-state index contributed by atoms with van der Waals surface area (Å²) in [7, 11) is 0. The Hall–Kier alpha value is -0.400. The van der Waals surface area contributed by atoms with E-state index in [1.54, 1.807) is 0 Å². The van der Waals surface area contributed by atoms with Crippen molar-refractivity contribution in [1.29, 1.82) is 0 Å². The fraction of sp³-hybridized carbons (Fsp3) is 1.00. The molecule has 1 aliphatic carbocycles. The maximum Gasteiger partial charge on any atom is 0.175 e. The number of hydrogen-bond donors (Lipinski definition) is 8. The van der Waals surface area contributed by atoms with Crippen LogP contribution in [0.4, 0.5) is 0 Å². The molecule has 0 radical (unpaired) electrons. The summed E-state index contributed by atoms with van der Waals surface area (Å²) in [6, 6.07) is -1.71. The summed E-state index contributed by atoms with van der Waals surface area (Å²) in [6.45, 7) is -0.585. The lowest BCUT2D eigenvalue weighted by Gasteiger charge is -2.44. The normalized spacial score (nSPS) is 51.7. The summed E-state index contributed by atoms with van der Waals surface area (Å²) in [4.78, 5) is 0. The molecule has 1 aliphatic heterocycles. The highest BCUT2D eigenvalue weighted by Crippen LogP contribution is 2.28. The fourth-order valence-electron chi connectivity index (χ4n) is 3.12. The molecule has 10 heteroatoms. The monoisotopic (exact) mass is 337 g/mol. The zero-order valence-corrected chi connectivity index (χ0v) is 12.7. The molecule has 0 spiro atoms. The number of aliphatic hydroxyl groups is 5. The maximum atomic E-state index is 9.87. The van der Waals surface area contributed by atoms with Gasteiger partial charge in [0.1, 0.15) is 18.3 Å². The third kappa shape index (κ3) is 3.99. The fourth-order valence-corrected chi connectivity index (χ4v) is 3.12. The molecule has 0 bridgehead atoms. The summed E-state index contributed by atoms with van der Waals surface area (Å²) in [5.74, 6) is 0. The van der Waals surface area contributed by atoms with Crippen LogP contribution in [0.1, 0.15) is 12.8 Å². The Morgan fingerprint density at radius 2 is 1.70 bits per heavy atom. The minimum Gasteiger partial charge on any atom is -0.394 e. The number of hydrogen-bond acceptors (Lipinski definition) is 10. The summed E-state index contributed by atoms with van der Waals surface area (Å²) >= 11 is 0. The summed E-state index contributed by atoms with van der Waals surface area (Å²) in [6.07, 6.45) is -6.54. The van der Waals surface area contributed by atoms with Gasteiger partial charge in [0.15, 0.2) is 6.29 Å². The van der Waals surface area contributed by atoms with Crippen molar-refractivity contribution in [1.82, 2.24) is 0 Å². The largest absolute Gasteiger partial charge is 0.394 e. The molecule has 1 heterocycles. The molecule has 1 saturated carbocycles. The van der Waals surface area contributed by atoms with E-state index < -0.39 is 61.0 Å². The van der Waals surface area contributed by atoms with Gasteiger partial charge in [-0.25, -0.2) is 0 Å². The molecular formula is C13H27N3O7. The molecule has 10 nitrogen and oxygen atoms in total. The van der Waals surface area contributed by atoms with Crippen molar-refractivity contribution in [2.24, 2.45) is 17.2 Å². The second kappa shape index (κ2) is 7.23. The molecule has 2 rings (SSSR count). The quantitative estimate of drug-likeness (QED) is 0.247. The topological polar surface area (TPSA) is 198 Å². The van der Waals surface area contributed by atoms with Crippen LogP contribution in [0.5, 0.6) is 0 Å². The first-order chi connectivity index (χ1) is 10.7. The highest BCUT2D eigenvalue weighted by atomic mass is 16.7. The molecule has 6 unspecified atom stereocenters. The van der Waals surface area contributed by atoms with Gasteiger partial charge >= 0.3 is 0 Å². The van der Waals surface area contributed by atoms with E-state index in [0.717, 1.165) is 0 Å². The van der Waals surface area contributed by atoms with E-state index in [-0.39, 0.29) is 19.4 Å². The summed E-state index contributed by atoms with van der Waals surface area (Å²) in [5, 5.41) is 48.2. The smallest absolute Gasteiger partial charge is 0.175 e. The zero-order chi connectivity index (χ0) is 17.4. The molecule has 2 fully saturated rings. The number of ether oxygens (including phenoxy) is 2. The predicted octanol–water partition coefficient (Wildman–Crippen LogP) is -4.69. The van der Waals surface area contributed by atoms with Gasteiger partial charge in [-0.2, -0.15) is 0 Å². The Morgan fingerprint density at radius 1 is 1.04 bits per heavy atom. The molecular weight excluding hydrogens is 310 g/mol. The standard InChI is InChI=1S/C13H27N3O7/c14-5-1-13(16,2-6(18)9(5)19)4-22-12-8(15)11(21)10(20)7(3-17)23-12/h5-12,17-21H,1-4,14-16H2/t5-,6?,7?,8?,9?,10-,11?,12+,13?/m1/s1. The minimum absolute atomic E-state index is 0.0796. The second-order valence-electron chi connectivity index (χ2n) is 6.59. The van der Waals surface area contributed by atoms with Crippen LogP contribution in [0.15, 0.2) is 0 Å². The first-order valence-corrected chi connectivity index (χ1v) is 7.59. The van der Waals surface area contributed by atoms with Gasteiger partial charge < -0.3 is 52.2 Å². The Morgan fingerprint density at radius 3 is 2.26 bits per heavy atom. The van der Waals surface area contributed by atoms with Gasteiger partial charge in [-0.15, -0.1) is 0 Å². The third-order valence-corrected chi connectivity index (χ3v) is 4.55. The lowest BCUT2D eigenvalue weighted by Crippen LogP contribution is -2.65. The lowest BCUT2D eigenvalue weighted by molar-refractivity contribution is -0.270. The predicted molar refractivity (Wildman–Crippen MR) is 77.8 cm³/mol. The van der Waals surface area contributed by atoms with Gasteiger partial charge in [0, 0.05) is 11.6 Å². The van der Waals surface area contributed by atoms with Gasteiger partial charge in [-0.1, -0.05) is 0 Å². The first-order valence-electron chi connectivity index (χ1n) is 7.59. The minimum atomic E-state index is -1.32. The summed E-state index contributed by atoms with van der Waals surface area (Å²) < 4.78 is 10.9. The molecule has 136 valence electrons. The number of rotatable bonds is 4. The van der Waals surface area contributed by atoms with E-state index in [9.17, 15) is 20.4 Å². The maximum absolute atomic E-state index is 9.87. The average molecular weight is 337 g/mol. The van der Waals surface area contributed by atoms with E-state index >= 15 is 0 Å². The SMILES string of the molecule is NC1C(O)[C@H](O)C(CO)O[C@@H]1OCC1(N)CC(O)C(O)[C@H](N)C1. The van der Waals surface area contributed by atoms with Crippen LogP contribution in [0, 0.1) is 0 Å². The Bertz CT molecular complexity index is 388. The van der Waals surface area contributed by atoms with Crippen LogP contribution in [-0.4, -0.2) is 93.2 Å². The van der Waals surface area contributed by atoms with E-state index in [0.29, 0.717) is 0 Å². The molecule has 0 aromatic rings. The second-order valence-corrected chi connectivity index (χ2v) is 6.59. The van der Waals surface area contributed by atoms with Crippen LogP contribution >= 0.6 is 0 Å². The van der Waals surface area contributed by atoms with E-state index in [4.69, 9.17) is 31.8 Å². The first kappa shape index (κ1) is 18.9. The molecule has 11 N–H and O–H groups in total. The van der Waals surface area contributed by atoms with Crippen molar-refractivity contribution in [2.45, 2.75) is 67.3 Å². The lowest BCUT2D eigenvalue weighted by atomic mass is 9.77. The molecule has 0 amide bonds. The van der Waals surface area contributed by atoms with Crippen molar-refractivity contribution in [3.8, 4) is 0 Å². The third-order valence-electron chi connectivity index (χ3n) is 4.55. The van der Waals surface area contributed by atoms with Crippen LogP contribution in [0.3, 0.4) is 0 Å². The molecule has 2 aliphatic rings. The zero-order valence-electron chi connectivity index (χ0n) is 12.7. The highest BCUT2D eigenvalue weighted by molar-refractivity contribution is 5.01. The Labute approximate surface area is 133 Å². The molecule has 0 aromatic carbocycles. The van der Waals surface area contributed by atoms with Crippen LogP contribution in [0.2, 0.25) is 0 Å². The van der Waals surface area contributed by atoms with Gasteiger partial charge in [0.2, 0.25) is 0 Å². The van der Waals surface area contributed by atoms with Crippen molar-refractivity contribution >= 4 is 0 Å². The molecule has 23 heavy (non-hydrogen) atoms. The van der Waals surface area contributed by atoms with E-state index in [1.165, 1.54) is 0 Å². The Balaban J connectivity index is 1.96. The summed E-state index contributed by atoms with van der Waals surface area (Å²) in [5.41, 5.74) is 16.7. The molecule has 9 atom stereocenters. The highest BCUT2D eigenvalue weighted by Gasteiger charge is 2.46. The van der Waals surface area contributed by atoms with Gasteiger partial charge in [-0.3, -0.25) is 0 Å². The van der Waals surface area contributed by atoms with Gasteiger partial charge in [0.05, 0.1) is 31.5 Å². The average Bonchev–Trinajstić information content (AvgIpc) is 2.50. The number of nitrogens with two attached hydrogens (primary N) is 3. The van der Waals surface area contributed by atoms with E-state index in [1.807, 2.05) is 0 Å². The van der Waals surface area contributed by atoms with Crippen molar-refractivity contribution in [3.05, 3.63) is 0 Å². The Kier molecular flexibility index (Phi) is 5.95. The van der Waals surface area contributed by atoms with Crippen molar-refractivity contribution in [2.75, 3.05) is 13.2 Å². The van der Waals surface area contributed by atoms with Crippen molar-refractivity contribution < 1.29 is 35.0 Å². The van der Waals surface area contributed by atoms with E-state index in [2.05, 4.69) is 0 Å².